The molecule has 15 heavy (non-hydrogen) atoms. The molecule has 0 saturated heterocycles. The molecule has 0 aliphatic carbocycles. The molecule has 0 saturated carbocycles. The number of benzene rings is 1. The largest absolute Gasteiger partial charge is 0.201 e. The molecule has 0 unspecified atom stereocenters. The summed E-state index contributed by atoms with van der Waals surface area (Å²) in [6, 6.07) is 12.7. The molecule has 1 heteroatoms. The van der Waals surface area contributed by atoms with E-state index in [0.29, 0.717) is 0 Å². The number of rotatable bonds is 2. The summed E-state index contributed by atoms with van der Waals surface area (Å²) in [5.41, 5.74) is 4.03. The third-order valence-electron chi connectivity index (χ3n) is 2.71. The van der Waals surface area contributed by atoms with Crippen LogP contribution in [0.4, 0.5) is 0 Å². The Bertz CT molecular complexity index is 446. The highest BCUT2D eigenvalue weighted by molar-refractivity contribution is 5.17. The van der Waals surface area contributed by atoms with Crippen molar-refractivity contribution < 1.29 is 4.57 Å². The predicted molar refractivity (Wildman–Crippen MR) is 61.7 cm³/mol. The first-order valence-electron chi connectivity index (χ1n) is 5.26. The molecule has 0 bridgehead atoms. The van der Waals surface area contributed by atoms with Crippen molar-refractivity contribution in [2.24, 2.45) is 0 Å². The fourth-order valence-electron chi connectivity index (χ4n) is 1.63. The lowest BCUT2D eigenvalue weighted by molar-refractivity contribution is -0.688. The standard InChI is InChI=1S/C14H16N/c1-12-8-9-15(10-13(12)2)11-14-6-4-3-5-7-14/h3-10H,11H2,1-2H3/q+1. The van der Waals surface area contributed by atoms with Gasteiger partial charge in [-0.3, -0.25) is 0 Å². The zero-order valence-corrected chi connectivity index (χ0v) is 9.27. The lowest BCUT2D eigenvalue weighted by atomic mass is 10.2. The summed E-state index contributed by atoms with van der Waals surface area (Å²) >= 11 is 0. The Morgan fingerprint density at radius 3 is 2.33 bits per heavy atom. The zero-order chi connectivity index (χ0) is 10.7. The van der Waals surface area contributed by atoms with E-state index in [-0.39, 0.29) is 0 Å². The second-order valence-electron chi connectivity index (χ2n) is 3.97. The molecular formula is C14H16N+. The summed E-state index contributed by atoms with van der Waals surface area (Å²) in [5.74, 6) is 0. The minimum absolute atomic E-state index is 0.946. The molecule has 2 rings (SSSR count). The number of nitrogens with zero attached hydrogens (tertiary/aromatic N) is 1. The van der Waals surface area contributed by atoms with Crippen molar-refractivity contribution in [1.29, 1.82) is 0 Å². The van der Waals surface area contributed by atoms with Crippen LogP contribution in [0.1, 0.15) is 16.7 Å². The van der Waals surface area contributed by atoms with Crippen LogP contribution in [-0.4, -0.2) is 0 Å². The minimum Gasteiger partial charge on any atom is -0.201 e. The third kappa shape index (κ3) is 2.44. The molecule has 0 N–H and O–H groups in total. The summed E-state index contributed by atoms with van der Waals surface area (Å²) in [4.78, 5) is 0. The van der Waals surface area contributed by atoms with Crippen LogP contribution in [0.25, 0.3) is 0 Å². The van der Waals surface area contributed by atoms with Crippen molar-refractivity contribution in [1.82, 2.24) is 0 Å². The Labute approximate surface area is 91.0 Å². The Kier molecular flexibility index (Phi) is 2.82. The van der Waals surface area contributed by atoms with E-state index in [1.807, 2.05) is 0 Å². The Morgan fingerprint density at radius 2 is 1.67 bits per heavy atom. The molecule has 1 nitrogen and oxygen atoms in total. The van der Waals surface area contributed by atoms with Gasteiger partial charge in [0, 0.05) is 17.2 Å². The van der Waals surface area contributed by atoms with Gasteiger partial charge in [0.05, 0.1) is 0 Å². The zero-order valence-electron chi connectivity index (χ0n) is 9.27. The van der Waals surface area contributed by atoms with Gasteiger partial charge in [-0.25, -0.2) is 4.57 Å². The highest BCUT2D eigenvalue weighted by atomic mass is 14.9. The van der Waals surface area contributed by atoms with E-state index in [9.17, 15) is 0 Å². The van der Waals surface area contributed by atoms with Crippen LogP contribution in [-0.2, 0) is 6.54 Å². The van der Waals surface area contributed by atoms with E-state index in [1.165, 1.54) is 16.7 Å². The lowest BCUT2D eigenvalue weighted by Crippen LogP contribution is -2.33. The second-order valence-corrected chi connectivity index (χ2v) is 3.97. The van der Waals surface area contributed by atoms with E-state index < -0.39 is 0 Å². The lowest BCUT2D eigenvalue weighted by Gasteiger charge is -2.00. The van der Waals surface area contributed by atoms with Crippen LogP contribution in [0.5, 0.6) is 0 Å². The summed E-state index contributed by atoms with van der Waals surface area (Å²) < 4.78 is 2.22. The fraction of sp³-hybridized carbons (Fsp3) is 0.214. The van der Waals surface area contributed by atoms with Gasteiger partial charge >= 0.3 is 0 Å². The van der Waals surface area contributed by atoms with Gasteiger partial charge in [0.2, 0.25) is 0 Å². The van der Waals surface area contributed by atoms with Crippen LogP contribution in [0.3, 0.4) is 0 Å². The molecule has 0 aliphatic heterocycles. The third-order valence-corrected chi connectivity index (χ3v) is 2.71. The topological polar surface area (TPSA) is 3.88 Å². The van der Waals surface area contributed by atoms with E-state index in [2.05, 4.69) is 67.2 Å². The molecule has 2 aromatic rings. The van der Waals surface area contributed by atoms with Gasteiger partial charge in [0.1, 0.15) is 0 Å². The fourth-order valence-corrected chi connectivity index (χ4v) is 1.63. The first-order chi connectivity index (χ1) is 7.25. The van der Waals surface area contributed by atoms with E-state index in [4.69, 9.17) is 0 Å². The summed E-state index contributed by atoms with van der Waals surface area (Å²) in [7, 11) is 0. The van der Waals surface area contributed by atoms with Crippen molar-refractivity contribution in [3.05, 3.63) is 65.5 Å². The molecule has 1 aromatic heterocycles. The number of aromatic nitrogens is 1. The van der Waals surface area contributed by atoms with Crippen molar-refractivity contribution in [2.75, 3.05) is 0 Å². The number of pyridine rings is 1. The van der Waals surface area contributed by atoms with Crippen LogP contribution < -0.4 is 4.57 Å². The van der Waals surface area contributed by atoms with Crippen LogP contribution in [0.15, 0.2) is 48.8 Å². The van der Waals surface area contributed by atoms with Gasteiger partial charge in [-0.1, -0.05) is 30.3 Å². The maximum Gasteiger partial charge on any atom is 0.173 e. The molecule has 0 atom stereocenters. The van der Waals surface area contributed by atoms with Crippen LogP contribution >= 0.6 is 0 Å². The van der Waals surface area contributed by atoms with Gasteiger partial charge in [-0.05, 0) is 19.4 Å². The highest BCUT2D eigenvalue weighted by Gasteiger charge is 2.03. The van der Waals surface area contributed by atoms with Gasteiger partial charge in [0.15, 0.2) is 18.9 Å². The molecule has 0 amide bonds. The summed E-state index contributed by atoms with van der Waals surface area (Å²) in [6.45, 7) is 5.24. The predicted octanol–water partition coefficient (Wildman–Crippen LogP) is 2.64. The highest BCUT2D eigenvalue weighted by Crippen LogP contribution is 2.02. The van der Waals surface area contributed by atoms with Crippen LogP contribution in [0, 0.1) is 13.8 Å². The number of hydrogen-bond donors (Lipinski definition) is 0. The molecule has 76 valence electrons. The maximum atomic E-state index is 2.22. The van der Waals surface area contributed by atoms with Crippen molar-refractivity contribution in [3.63, 3.8) is 0 Å². The van der Waals surface area contributed by atoms with Crippen LogP contribution in [0.2, 0.25) is 0 Å². The Hall–Kier alpha value is -1.63. The molecule has 0 spiro atoms. The van der Waals surface area contributed by atoms with Crippen molar-refractivity contribution in [3.8, 4) is 0 Å². The number of aryl methyl sites for hydroxylation is 2. The smallest absolute Gasteiger partial charge is 0.173 e. The summed E-state index contributed by atoms with van der Waals surface area (Å²) in [5, 5.41) is 0. The molecule has 0 fully saturated rings. The average molecular weight is 198 g/mol. The first-order valence-corrected chi connectivity index (χ1v) is 5.26. The number of hydrogen-bond acceptors (Lipinski definition) is 0. The van der Waals surface area contributed by atoms with E-state index >= 15 is 0 Å². The van der Waals surface area contributed by atoms with E-state index in [0.717, 1.165) is 6.54 Å². The van der Waals surface area contributed by atoms with E-state index in [1.54, 1.807) is 0 Å². The second kappa shape index (κ2) is 4.26. The van der Waals surface area contributed by atoms with Gasteiger partial charge in [-0.15, -0.1) is 0 Å². The average Bonchev–Trinajstić information content (AvgIpc) is 2.25. The van der Waals surface area contributed by atoms with Gasteiger partial charge < -0.3 is 0 Å². The molecule has 1 aromatic carbocycles. The summed E-state index contributed by atoms with van der Waals surface area (Å²) in [6.07, 6.45) is 4.33. The molecule has 0 aliphatic rings. The van der Waals surface area contributed by atoms with Crippen molar-refractivity contribution >= 4 is 0 Å². The van der Waals surface area contributed by atoms with Gasteiger partial charge in [-0.2, -0.15) is 0 Å². The van der Waals surface area contributed by atoms with Crippen molar-refractivity contribution in [2.45, 2.75) is 20.4 Å². The molecule has 1 heterocycles. The monoisotopic (exact) mass is 198 g/mol. The maximum absolute atomic E-state index is 2.22. The molecular weight excluding hydrogens is 182 g/mol. The van der Waals surface area contributed by atoms with Gasteiger partial charge in [0.25, 0.3) is 0 Å². The molecule has 0 radical (unpaired) electrons. The normalized spacial score (nSPS) is 10.3. The Morgan fingerprint density at radius 1 is 0.933 bits per heavy atom. The minimum atomic E-state index is 0.946. The SMILES string of the molecule is Cc1cc[n+](Cc2ccccc2)cc1C. The quantitative estimate of drug-likeness (QED) is 0.653. The first kappa shape index (κ1) is 9.91. The Balaban J connectivity index is 2.22.